The highest BCUT2D eigenvalue weighted by atomic mass is 16.6. The Morgan fingerprint density at radius 1 is 0.929 bits per heavy atom. The molecule has 1 heterocycles. The van der Waals surface area contributed by atoms with Gasteiger partial charge in [0.1, 0.15) is 5.52 Å². The highest BCUT2D eigenvalue weighted by Crippen LogP contribution is 2.26. The van der Waals surface area contributed by atoms with Crippen LogP contribution in [0.5, 0.6) is 0 Å². The number of carbonyl (C=O) groups excluding carboxylic acids is 1. The average molecular weight is 370 g/mol. The zero-order valence-corrected chi connectivity index (χ0v) is 14.6. The number of carbonyl (C=O) groups is 1. The molecule has 136 valence electrons. The van der Waals surface area contributed by atoms with E-state index in [1.807, 2.05) is 18.2 Å². The Kier molecular flexibility index (Phi) is 4.51. The first-order chi connectivity index (χ1) is 13.6. The lowest BCUT2D eigenvalue weighted by atomic mass is 10.0. The van der Waals surface area contributed by atoms with Crippen molar-refractivity contribution in [3.05, 3.63) is 106 Å². The monoisotopic (exact) mass is 370 g/mol. The van der Waals surface area contributed by atoms with Crippen molar-refractivity contribution < 1.29 is 14.1 Å². The molecule has 0 saturated heterocycles. The Morgan fingerprint density at radius 3 is 2.29 bits per heavy atom. The van der Waals surface area contributed by atoms with Crippen LogP contribution in [-0.2, 0) is 0 Å². The van der Waals surface area contributed by atoms with Crippen LogP contribution in [0.3, 0.4) is 0 Å². The van der Waals surface area contributed by atoms with Crippen LogP contribution in [0.25, 0.3) is 22.7 Å². The number of hydrogen-bond donors (Lipinski definition) is 0. The van der Waals surface area contributed by atoms with Crippen LogP contribution in [0.15, 0.2) is 83.3 Å². The van der Waals surface area contributed by atoms with Gasteiger partial charge in [-0.05, 0) is 35.9 Å². The molecule has 0 aliphatic carbocycles. The van der Waals surface area contributed by atoms with Crippen molar-refractivity contribution in [1.82, 2.24) is 4.98 Å². The summed E-state index contributed by atoms with van der Waals surface area (Å²) in [6, 6.07) is 22.0. The smallest absolute Gasteiger partial charge is 0.269 e. The van der Waals surface area contributed by atoms with E-state index in [1.165, 1.54) is 12.1 Å². The number of oxazole rings is 1. The van der Waals surface area contributed by atoms with Gasteiger partial charge in [-0.15, -0.1) is 0 Å². The maximum atomic E-state index is 13.1. The van der Waals surface area contributed by atoms with Crippen molar-refractivity contribution in [3.63, 3.8) is 0 Å². The van der Waals surface area contributed by atoms with E-state index in [4.69, 9.17) is 4.42 Å². The van der Waals surface area contributed by atoms with Crippen LogP contribution < -0.4 is 0 Å². The van der Waals surface area contributed by atoms with E-state index < -0.39 is 4.92 Å². The molecule has 0 N–H and O–H groups in total. The van der Waals surface area contributed by atoms with E-state index in [-0.39, 0.29) is 22.9 Å². The highest BCUT2D eigenvalue weighted by Gasteiger charge is 2.20. The zero-order chi connectivity index (χ0) is 19.5. The fourth-order valence-corrected chi connectivity index (χ4v) is 2.82. The summed E-state index contributed by atoms with van der Waals surface area (Å²) in [5.74, 6) is -0.0427. The molecule has 0 amide bonds. The molecule has 4 aromatic rings. The SMILES string of the molecule is O=C(C(=Cc1ccc([N+](=O)[O-])cc1)c1nc2ccccc2o1)c1ccccc1. The molecule has 0 spiro atoms. The molecule has 0 radical (unpaired) electrons. The minimum atomic E-state index is -0.468. The molecule has 4 rings (SSSR count). The second-order valence-corrected chi connectivity index (χ2v) is 6.09. The lowest BCUT2D eigenvalue weighted by Crippen LogP contribution is -2.03. The van der Waals surface area contributed by atoms with Gasteiger partial charge in [0.2, 0.25) is 5.89 Å². The van der Waals surface area contributed by atoms with Crippen LogP contribution in [0.1, 0.15) is 21.8 Å². The number of nitro groups is 1. The summed E-state index contributed by atoms with van der Waals surface area (Å²) in [5, 5.41) is 10.9. The van der Waals surface area contributed by atoms with E-state index in [1.54, 1.807) is 54.6 Å². The van der Waals surface area contributed by atoms with Crippen molar-refractivity contribution in [3.8, 4) is 0 Å². The number of Topliss-reactive ketones (excluding diaryl/α,β-unsaturated/α-hetero) is 1. The molecule has 0 aliphatic rings. The van der Waals surface area contributed by atoms with Gasteiger partial charge in [0.15, 0.2) is 11.4 Å². The summed E-state index contributed by atoms with van der Waals surface area (Å²) < 4.78 is 5.80. The number of allylic oxidation sites excluding steroid dienone is 1. The first-order valence-electron chi connectivity index (χ1n) is 8.54. The number of hydrogen-bond acceptors (Lipinski definition) is 5. The fraction of sp³-hybridized carbons (Fsp3) is 0. The van der Waals surface area contributed by atoms with E-state index >= 15 is 0 Å². The van der Waals surface area contributed by atoms with Crippen LogP contribution >= 0.6 is 0 Å². The van der Waals surface area contributed by atoms with Crippen molar-refractivity contribution in [2.75, 3.05) is 0 Å². The number of nitrogens with zero attached hydrogens (tertiary/aromatic N) is 2. The Bertz CT molecular complexity index is 1160. The molecule has 28 heavy (non-hydrogen) atoms. The lowest BCUT2D eigenvalue weighted by Gasteiger charge is -2.04. The van der Waals surface area contributed by atoms with Gasteiger partial charge in [-0.25, -0.2) is 4.98 Å². The van der Waals surface area contributed by atoms with Crippen LogP contribution in [-0.4, -0.2) is 15.7 Å². The molecular formula is C22H14N2O4. The maximum Gasteiger partial charge on any atom is 0.269 e. The van der Waals surface area contributed by atoms with Gasteiger partial charge in [-0.2, -0.15) is 0 Å². The predicted octanol–water partition coefficient (Wildman–Crippen LogP) is 5.16. The molecule has 0 fully saturated rings. The van der Waals surface area contributed by atoms with Gasteiger partial charge in [0.05, 0.1) is 10.5 Å². The van der Waals surface area contributed by atoms with Gasteiger partial charge in [0, 0.05) is 17.7 Å². The largest absolute Gasteiger partial charge is 0.436 e. The van der Waals surface area contributed by atoms with Crippen molar-refractivity contribution in [2.24, 2.45) is 0 Å². The molecule has 6 nitrogen and oxygen atoms in total. The molecule has 0 bridgehead atoms. The number of aromatic nitrogens is 1. The molecular weight excluding hydrogens is 356 g/mol. The lowest BCUT2D eigenvalue weighted by molar-refractivity contribution is -0.384. The standard InChI is InChI=1S/C22H14N2O4/c25-21(16-6-2-1-3-7-16)18(14-15-10-12-17(13-11-15)24(26)27)22-23-19-8-4-5-9-20(19)28-22/h1-14H. The third-order valence-corrected chi connectivity index (χ3v) is 4.22. The van der Waals surface area contributed by atoms with Crippen molar-refractivity contribution in [1.29, 1.82) is 0 Å². The molecule has 0 unspecified atom stereocenters. The Morgan fingerprint density at radius 2 is 1.61 bits per heavy atom. The van der Waals surface area contributed by atoms with E-state index in [2.05, 4.69) is 4.98 Å². The van der Waals surface area contributed by atoms with Crippen molar-refractivity contribution in [2.45, 2.75) is 0 Å². The number of nitro benzene ring substituents is 1. The Labute approximate surface area is 159 Å². The number of para-hydroxylation sites is 2. The number of non-ortho nitro benzene ring substituents is 1. The first-order valence-corrected chi connectivity index (χ1v) is 8.54. The third kappa shape index (κ3) is 3.43. The second kappa shape index (κ2) is 7.28. The predicted molar refractivity (Wildman–Crippen MR) is 106 cm³/mol. The molecule has 0 aliphatic heterocycles. The summed E-state index contributed by atoms with van der Waals surface area (Å²) >= 11 is 0. The van der Waals surface area contributed by atoms with Gasteiger partial charge < -0.3 is 4.42 Å². The summed E-state index contributed by atoms with van der Waals surface area (Å²) in [4.78, 5) is 28.0. The van der Waals surface area contributed by atoms with Crippen LogP contribution in [0.2, 0.25) is 0 Å². The fourth-order valence-electron chi connectivity index (χ4n) is 2.82. The topological polar surface area (TPSA) is 86.2 Å². The average Bonchev–Trinajstić information content (AvgIpc) is 3.16. The Balaban J connectivity index is 1.83. The number of benzene rings is 3. The zero-order valence-electron chi connectivity index (χ0n) is 14.6. The van der Waals surface area contributed by atoms with Gasteiger partial charge in [-0.1, -0.05) is 42.5 Å². The Hall–Kier alpha value is -4.06. The van der Waals surface area contributed by atoms with E-state index in [0.717, 1.165) is 0 Å². The van der Waals surface area contributed by atoms with E-state index in [0.29, 0.717) is 22.2 Å². The maximum absolute atomic E-state index is 13.1. The molecule has 1 aromatic heterocycles. The van der Waals surface area contributed by atoms with Crippen molar-refractivity contribution >= 4 is 34.2 Å². The van der Waals surface area contributed by atoms with Gasteiger partial charge in [0.25, 0.3) is 5.69 Å². The summed E-state index contributed by atoms with van der Waals surface area (Å²) in [7, 11) is 0. The molecule has 3 aromatic carbocycles. The van der Waals surface area contributed by atoms with Crippen LogP contribution in [0, 0.1) is 10.1 Å². The molecule has 0 atom stereocenters. The summed E-state index contributed by atoms with van der Waals surface area (Å²) in [6.07, 6.45) is 1.63. The van der Waals surface area contributed by atoms with Gasteiger partial charge >= 0.3 is 0 Å². The molecule has 0 saturated carbocycles. The first kappa shape index (κ1) is 17.4. The quantitative estimate of drug-likeness (QED) is 0.210. The number of rotatable bonds is 5. The van der Waals surface area contributed by atoms with Crippen LogP contribution in [0.4, 0.5) is 5.69 Å². The van der Waals surface area contributed by atoms with Gasteiger partial charge in [-0.3, -0.25) is 14.9 Å². The minimum Gasteiger partial charge on any atom is -0.436 e. The second-order valence-electron chi connectivity index (χ2n) is 6.09. The third-order valence-electron chi connectivity index (χ3n) is 4.22. The van der Waals surface area contributed by atoms with E-state index in [9.17, 15) is 14.9 Å². The summed E-state index contributed by atoms with van der Waals surface area (Å²) in [6.45, 7) is 0. The number of fused-ring (bicyclic) bond motifs is 1. The number of ketones is 1. The minimum absolute atomic E-state index is 0.0186. The molecule has 6 heteroatoms. The normalized spacial score (nSPS) is 11.5. The highest BCUT2D eigenvalue weighted by molar-refractivity contribution is 6.31. The summed E-state index contributed by atoms with van der Waals surface area (Å²) in [5.41, 5.74) is 2.61.